The number of nitro groups is 1. The molecule has 0 aromatic heterocycles. The van der Waals surface area contributed by atoms with Crippen molar-refractivity contribution in [1.82, 2.24) is 0 Å². The molecule has 0 bridgehead atoms. The molecular formula is C16H15BrN2O4. The summed E-state index contributed by atoms with van der Waals surface area (Å²) in [4.78, 5) is 16.2. The molecule has 0 unspecified atom stereocenters. The number of nitrogens with zero attached hydrogens (tertiary/aromatic N) is 2. The van der Waals surface area contributed by atoms with E-state index in [0.29, 0.717) is 6.61 Å². The Hall–Kier alpha value is -1.96. The molecule has 1 saturated heterocycles. The SMILES string of the molecule is O=[N+]([O-])c1ccc([C@H]2N(c3ccccc3)OC[C@]2(Br)CO)cc1. The first kappa shape index (κ1) is 15.9. The molecule has 0 aliphatic carbocycles. The van der Waals surface area contributed by atoms with Crippen LogP contribution in [0.15, 0.2) is 54.6 Å². The Bertz CT molecular complexity index is 695. The highest BCUT2D eigenvalue weighted by atomic mass is 79.9. The van der Waals surface area contributed by atoms with Gasteiger partial charge in [-0.2, -0.15) is 0 Å². The lowest BCUT2D eigenvalue weighted by molar-refractivity contribution is -0.384. The molecule has 3 rings (SSSR count). The highest BCUT2D eigenvalue weighted by molar-refractivity contribution is 9.10. The van der Waals surface area contributed by atoms with Crippen LogP contribution in [0.25, 0.3) is 0 Å². The van der Waals surface area contributed by atoms with Crippen molar-refractivity contribution in [2.24, 2.45) is 0 Å². The first-order valence-electron chi connectivity index (χ1n) is 7.06. The molecule has 7 heteroatoms. The van der Waals surface area contributed by atoms with E-state index in [0.717, 1.165) is 11.3 Å². The quantitative estimate of drug-likeness (QED) is 0.502. The van der Waals surface area contributed by atoms with Crippen molar-refractivity contribution in [3.63, 3.8) is 0 Å². The van der Waals surface area contributed by atoms with Gasteiger partial charge in [-0.05, 0) is 29.8 Å². The number of nitro benzene ring substituents is 1. The molecule has 23 heavy (non-hydrogen) atoms. The summed E-state index contributed by atoms with van der Waals surface area (Å²) in [6.07, 6.45) is 0. The van der Waals surface area contributed by atoms with Gasteiger partial charge in [0.15, 0.2) is 0 Å². The van der Waals surface area contributed by atoms with Crippen LogP contribution in [0.5, 0.6) is 0 Å². The predicted molar refractivity (Wildman–Crippen MR) is 89.5 cm³/mol. The van der Waals surface area contributed by atoms with E-state index in [1.54, 1.807) is 17.2 Å². The van der Waals surface area contributed by atoms with Gasteiger partial charge in [-0.15, -0.1) is 0 Å². The van der Waals surface area contributed by atoms with Gasteiger partial charge in [0.2, 0.25) is 0 Å². The van der Waals surface area contributed by atoms with Crippen LogP contribution in [-0.2, 0) is 4.84 Å². The van der Waals surface area contributed by atoms with Gasteiger partial charge in [0.05, 0.1) is 23.8 Å². The van der Waals surface area contributed by atoms with Crippen molar-refractivity contribution in [1.29, 1.82) is 0 Å². The van der Waals surface area contributed by atoms with Crippen LogP contribution in [0, 0.1) is 10.1 Å². The van der Waals surface area contributed by atoms with Gasteiger partial charge in [0, 0.05) is 12.1 Å². The normalized spacial score (nSPS) is 23.9. The molecule has 1 N–H and O–H groups in total. The van der Waals surface area contributed by atoms with Crippen molar-refractivity contribution < 1.29 is 14.9 Å². The Morgan fingerprint density at radius 1 is 1.26 bits per heavy atom. The molecule has 1 heterocycles. The topological polar surface area (TPSA) is 75.8 Å². The largest absolute Gasteiger partial charge is 0.395 e. The van der Waals surface area contributed by atoms with Crippen LogP contribution in [0.4, 0.5) is 11.4 Å². The molecule has 2 aromatic carbocycles. The molecule has 1 fully saturated rings. The molecule has 0 saturated carbocycles. The number of halogens is 1. The zero-order valence-electron chi connectivity index (χ0n) is 12.1. The third-order valence-electron chi connectivity index (χ3n) is 3.86. The second-order valence-corrected chi connectivity index (χ2v) is 6.96. The van der Waals surface area contributed by atoms with Gasteiger partial charge in [-0.1, -0.05) is 34.1 Å². The minimum absolute atomic E-state index is 0.0306. The monoisotopic (exact) mass is 378 g/mol. The first-order valence-corrected chi connectivity index (χ1v) is 7.86. The number of benzene rings is 2. The molecular weight excluding hydrogens is 364 g/mol. The number of aliphatic hydroxyl groups excluding tert-OH is 1. The maximum absolute atomic E-state index is 10.8. The molecule has 0 spiro atoms. The van der Waals surface area contributed by atoms with Crippen LogP contribution in [0.1, 0.15) is 11.6 Å². The van der Waals surface area contributed by atoms with Crippen LogP contribution in [-0.4, -0.2) is 27.6 Å². The third kappa shape index (κ3) is 2.95. The maximum atomic E-state index is 10.8. The van der Waals surface area contributed by atoms with E-state index < -0.39 is 9.25 Å². The van der Waals surface area contributed by atoms with Gasteiger partial charge >= 0.3 is 0 Å². The Balaban J connectivity index is 2.01. The van der Waals surface area contributed by atoms with Crippen molar-refractivity contribution in [2.75, 3.05) is 18.3 Å². The highest BCUT2D eigenvalue weighted by Crippen LogP contribution is 2.46. The number of hydrogen-bond donors (Lipinski definition) is 1. The van der Waals surface area contributed by atoms with Crippen molar-refractivity contribution in [3.05, 3.63) is 70.3 Å². The van der Waals surface area contributed by atoms with Crippen LogP contribution in [0.2, 0.25) is 0 Å². The van der Waals surface area contributed by atoms with Gasteiger partial charge in [-0.3, -0.25) is 15.0 Å². The lowest BCUT2D eigenvalue weighted by atomic mass is 9.94. The summed E-state index contributed by atoms with van der Waals surface area (Å²) in [6.45, 7) is 0.165. The van der Waals surface area contributed by atoms with Crippen LogP contribution in [0.3, 0.4) is 0 Å². The van der Waals surface area contributed by atoms with Crippen molar-refractivity contribution in [2.45, 2.75) is 10.4 Å². The summed E-state index contributed by atoms with van der Waals surface area (Å²) >= 11 is 3.58. The van der Waals surface area contributed by atoms with Crippen molar-refractivity contribution in [3.8, 4) is 0 Å². The van der Waals surface area contributed by atoms with Gasteiger partial charge in [-0.25, -0.2) is 5.06 Å². The Morgan fingerprint density at radius 3 is 2.48 bits per heavy atom. The van der Waals surface area contributed by atoms with E-state index in [2.05, 4.69) is 15.9 Å². The summed E-state index contributed by atoms with van der Waals surface area (Å²) in [6, 6.07) is 15.5. The average molecular weight is 379 g/mol. The highest BCUT2D eigenvalue weighted by Gasteiger charge is 2.48. The predicted octanol–water partition coefficient (Wildman–Crippen LogP) is 3.21. The van der Waals surface area contributed by atoms with E-state index in [-0.39, 0.29) is 18.3 Å². The van der Waals surface area contributed by atoms with Gasteiger partial charge in [0.25, 0.3) is 5.69 Å². The molecule has 2 aromatic rings. The number of aliphatic hydroxyl groups is 1. The molecule has 120 valence electrons. The summed E-state index contributed by atoms with van der Waals surface area (Å²) in [5.41, 5.74) is 1.71. The number of alkyl halides is 1. The zero-order chi connectivity index (χ0) is 16.4. The Morgan fingerprint density at radius 2 is 1.91 bits per heavy atom. The Kier molecular flexibility index (Phi) is 4.34. The van der Waals surface area contributed by atoms with Crippen LogP contribution >= 0.6 is 15.9 Å². The van der Waals surface area contributed by atoms with E-state index in [4.69, 9.17) is 4.84 Å². The molecule has 6 nitrogen and oxygen atoms in total. The first-order chi connectivity index (χ1) is 11.0. The molecule has 1 aliphatic rings. The smallest absolute Gasteiger partial charge is 0.269 e. The summed E-state index contributed by atoms with van der Waals surface area (Å²) < 4.78 is -0.682. The van der Waals surface area contributed by atoms with Gasteiger partial charge in [0.1, 0.15) is 10.4 Å². The minimum atomic E-state index is -0.682. The Labute approximate surface area is 141 Å². The van der Waals surface area contributed by atoms with E-state index in [1.165, 1.54) is 12.1 Å². The van der Waals surface area contributed by atoms with E-state index in [1.807, 2.05) is 30.3 Å². The summed E-state index contributed by atoms with van der Waals surface area (Å²) in [7, 11) is 0. The summed E-state index contributed by atoms with van der Waals surface area (Å²) in [5.74, 6) is 0. The number of hydroxylamine groups is 1. The number of hydrogen-bond acceptors (Lipinski definition) is 5. The fraction of sp³-hybridized carbons (Fsp3) is 0.250. The number of rotatable bonds is 4. The van der Waals surface area contributed by atoms with Crippen LogP contribution < -0.4 is 5.06 Å². The second kappa shape index (κ2) is 6.27. The number of para-hydroxylation sites is 1. The number of non-ortho nitro benzene ring substituents is 1. The lowest BCUT2D eigenvalue weighted by Crippen LogP contribution is -2.36. The van der Waals surface area contributed by atoms with Crippen molar-refractivity contribution >= 4 is 27.3 Å². The number of anilines is 1. The van der Waals surface area contributed by atoms with E-state index in [9.17, 15) is 15.2 Å². The lowest BCUT2D eigenvalue weighted by Gasteiger charge is -2.31. The summed E-state index contributed by atoms with van der Waals surface area (Å²) in [5, 5.41) is 22.4. The molecule has 2 atom stereocenters. The molecule has 1 aliphatic heterocycles. The standard InChI is InChI=1S/C16H15BrN2O4/c17-16(10-20)11-23-18(13-4-2-1-3-5-13)15(16)12-6-8-14(9-7-12)19(21)22/h1-9,15,20H,10-11H2/t15-,16-/m1/s1. The average Bonchev–Trinajstić information content (AvgIpc) is 2.94. The minimum Gasteiger partial charge on any atom is -0.395 e. The van der Waals surface area contributed by atoms with Gasteiger partial charge < -0.3 is 5.11 Å². The fourth-order valence-corrected chi connectivity index (χ4v) is 3.24. The zero-order valence-corrected chi connectivity index (χ0v) is 13.7. The fourth-order valence-electron chi connectivity index (χ4n) is 2.68. The maximum Gasteiger partial charge on any atom is 0.269 e. The second-order valence-electron chi connectivity index (χ2n) is 5.38. The van der Waals surface area contributed by atoms with E-state index >= 15 is 0 Å². The molecule has 0 amide bonds. The third-order valence-corrected chi connectivity index (χ3v) is 4.77. The molecule has 0 radical (unpaired) electrons.